The van der Waals surface area contributed by atoms with E-state index in [1.807, 2.05) is 13.0 Å². The van der Waals surface area contributed by atoms with E-state index >= 15 is 0 Å². The van der Waals surface area contributed by atoms with Gasteiger partial charge in [0.2, 0.25) is 0 Å². The third kappa shape index (κ3) is 3.48. The van der Waals surface area contributed by atoms with Gasteiger partial charge in [-0.2, -0.15) is 0 Å². The number of piperidine rings is 1. The van der Waals surface area contributed by atoms with Crippen molar-refractivity contribution in [3.63, 3.8) is 0 Å². The number of hydrogen-bond acceptors (Lipinski definition) is 4. The van der Waals surface area contributed by atoms with Gasteiger partial charge in [-0.25, -0.2) is 4.98 Å². The highest BCUT2D eigenvalue weighted by molar-refractivity contribution is 5.95. The fourth-order valence-electron chi connectivity index (χ4n) is 2.61. The highest BCUT2D eigenvalue weighted by Crippen LogP contribution is 2.16. The lowest BCUT2D eigenvalue weighted by atomic mass is 9.98. The van der Waals surface area contributed by atoms with Crippen LogP contribution in [-0.2, 0) is 6.42 Å². The van der Waals surface area contributed by atoms with Crippen LogP contribution in [0.25, 0.3) is 0 Å². The second kappa shape index (κ2) is 6.22. The summed E-state index contributed by atoms with van der Waals surface area (Å²) in [5.41, 5.74) is 7.21. The minimum atomic E-state index is -0.0458. The van der Waals surface area contributed by atoms with Gasteiger partial charge in [0.15, 0.2) is 0 Å². The van der Waals surface area contributed by atoms with Gasteiger partial charge in [0.25, 0.3) is 5.91 Å². The maximum atomic E-state index is 12.3. The molecule has 2 unspecified atom stereocenters. The number of likely N-dealkylation sites (tertiary alicyclic amines) is 1. The first-order chi connectivity index (χ1) is 9.49. The number of carbonyl (C=O) groups is 1. The minimum absolute atomic E-state index is 0.0458. The molecule has 2 atom stereocenters. The van der Waals surface area contributed by atoms with Crippen LogP contribution >= 0.6 is 0 Å². The molecule has 2 rings (SSSR count). The topological polar surface area (TPSA) is 71.2 Å². The van der Waals surface area contributed by atoms with Crippen LogP contribution in [-0.4, -0.2) is 41.5 Å². The van der Waals surface area contributed by atoms with Crippen molar-refractivity contribution in [1.82, 2.24) is 15.2 Å². The van der Waals surface area contributed by atoms with E-state index in [9.17, 15) is 4.79 Å². The highest BCUT2D eigenvalue weighted by atomic mass is 16.1. The third-order valence-corrected chi connectivity index (χ3v) is 4.07. The summed E-state index contributed by atoms with van der Waals surface area (Å²) in [6, 6.07) is 4.22. The van der Waals surface area contributed by atoms with Gasteiger partial charge in [0, 0.05) is 29.9 Å². The van der Waals surface area contributed by atoms with Crippen molar-refractivity contribution in [3.05, 3.63) is 23.4 Å². The van der Waals surface area contributed by atoms with Gasteiger partial charge in [-0.15, -0.1) is 0 Å². The van der Waals surface area contributed by atoms with E-state index in [1.54, 1.807) is 6.07 Å². The predicted octanol–water partition coefficient (Wildman–Crippen LogP) is 1.44. The number of anilines is 1. The largest absolute Gasteiger partial charge is 0.384 e. The average Bonchev–Trinajstić information content (AvgIpc) is 2.42. The minimum Gasteiger partial charge on any atom is -0.384 e. The van der Waals surface area contributed by atoms with Crippen LogP contribution in [0.4, 0.5) is 5.82 Å². The van der Waals surface area contributed by atoms with Gasteiger partial charge in [0.1, 0.15) is 5.82 Å². The van der Waals surface area contributed by atoms with Crippen LogP contribution in [0.3, 0.4) is 0 Å². The number of amides is 1. The standard InChI is InChI=1S/C15H24N4O/c1-4-12-8-11(9-14(16)17-12)15(20)18-13-5-6-19(3)10(2)7-13/h8-10,13H,4-7H2,1-3H3,(H2,16,17)(H,18,20). The maximum absolute atomic E-state index is 12.3. The molecule has 1 aliphatic rings. The van der Waals surface area contributed by atoms with Crippen LogP contribution in [0.2, 0.25) is 0 Å². The molecule has 5 nitrogen and oxygen atoms in total. The quantitative estimate of drug-likeness (QED) is 0.876. The zero-order chi connectivity index (χ0) is 14.7. The van der Waals surface area contributed by atoms with Crippen molar-refractivity contribution in [2.24, 2.45) is 0 Å². The SMILES string of the molecule is CCc1cc(C(=O)NC2CCN(C)C(C)C2)cc(N)n1. The fourth-order valence-corrected chi connectivity index (χ4v) is 2.61. The molecule has 0 bridgehead atoms. The monoisotopic (exact) mass is 276 g/mol. The zero-order valence-corrected chi connectivity index (χ0v) is 12.5. The number of nitrogens with one attached hydrogen (secondary N) is 1. The molecule has 1 aromatic heterocycles. The molecular weight excluding hydrogens is 252 g/mol. The molecule has 0 aromatic carbocycles. The van der Waals surface area contributed by atoms with Gasteiger partial charge in [-0.3, -0.25) is 4.79 Å². The number of pyridine rings is 1. The number of rotatable bonds is 3. The Morgan fingerprint density at radius 2 is 2.30 bits per heavy atom. The summed E-state index contributed by atoms with van der Waals surface area (Å²) in [4.78, 5) is 18.8. The Morgan fingerprint density at radius 1 is 1.55 bits per heavy atom. The number of nitrogens with two attached hydrogens (primary N) is 1. The van der Waals surface area contributed by atoms with E-state index in [4.69, 9.17) is 5.73 Å². The molecule has 0 aliphatic carbocycles. The summed E-state index contributed by atoms with van der Waals surface area (Å²) < 4.78 is 0. The molecule has 1 saturated heterocycles. The summed E-state index contributed by atoms with van der Waals surface area (Å²) in [5, 5.41) is 3.12. The normalized spacial score (nSPS) is 23.6. The second-order valence-electron chi connectivity index (χ2n) is 5.65. The molecule has 0 spiro atoms. The molecule has 5 heteroatoms. The number of nitrogens with zero attached hydrogens (tertiary/aromatic N) is 2. The maximum Gasteiger partial charge on any atom is 0.251 e. The van der Waals surface area contributed by atoms with Crippen molar-refractivity contribution < 1.29 is 4.79 Å². The smallest absolute Gasteiger partial charge is 0.251 e. The van der Waals surface area contributed by atoms with Crippen LogP contribution in [0.15, 0.2) is 12.1 Å². The summed E-state index contributed by atoms with van der Waals surface area (Å²) in [6.07, 6.45) is 2.76. The van der Waals surface area contributed by atoms with Gasteiger partial charge in [0.05, 0.1) is 0 Å². The summed E-state index contributed by atoms with van der Waals surface area (Å²) in [7, 11) is 2.12. The Hall–Kier alpha value is -1.62. The number of carbonyl (C=O) groups excluding carboxylic acids is 1. The van der Waals surface area contributed by atoms with E-state index in [-0.39, 0.29) is 11.9 Å². The van der Waals surface area contributed by atoms with Crippen molar-refractivity contribution in [2.45, 2.75) is 45.2 Å². The lowest BCUT2D eigenvalue weighted by molar-refractivity contribution is 0.0896. The number of aromatic nitrogens is 1. The van der Waals surface area contributed by atoms with Crippen LogP contribution in [0.5, 0.6) is 0 Å². The van der Waals surface area contributed by atoms with E-state index < -0.39 is 0 Å². The molecule has 1 aliphatic heterocycles. The van der Waals surface area contributed by atoms with E-state index in [0.29, 0.717) is 17.4 Å². The van der Waals surface area contributed by atoms with Crippen LogP contribution < -0.4 is 11.1 Å². The first-order valence-electron chi connectivity index (χ1n) is 7.27. The van der Waals surface area contributed by atoms with E-state index in [2.05, 4.69) is 29.2 Å². The Morgan fingerprint density at radius 3 is 2.95 bits per heavy atom. The summed E-state index contributed by atoms with van der Waals surface area (Å²) in [6.45, 7) is 5.21. The summed E-state index contributed by atoms with van der Waals surface area (Å²) in [5.74, 6) is 0.363. The van der Waals surface area contributed by atoms with Gasteiger partial charge in [-0.05, 0) is 45.4 Å². The lowest BCUT2D eigenvalue weighted by Crippen LogP contribution is -2.47. The van der Waals surface area contributed by atoms with Gasteiger partial charge >= 0.3 is 0 Å². The molecule has 2 heterocycles. The molecule has 1 amide bonds. The Bertz CT molecular complexity index is 489. The van der Waals surface area contributed by atoms with E-state index in [0.717, 1.165) is 31.5 Å². The first-order valence-corrected chi connectivity index (χ1v) is 7.27. The number of hydrogen-bond donors (Lipinski definition) is 2. The highest BCUT2D eigenvalue weighted by Gasteiger charge is 2.24. The molecular formula is C15H24N4O. The lowest BCUT2D eigenvalue weighted by Gasteiger charge is -2.35. The summed E-state index contributed by atoms with van der Waals surface area (Å²) >= 11 is 0. The molecule has 3 N–H and O–H groups in total. The fraction of sp³-hybridized carbons (Fsp3) is 0.600. The second-order valence-corrected chi connectivity index (χ2v) is 5.65. The van der Waals surface area contributed by atoms with Crippen molar-refractivity contribution in [2.75, 3.05) is 19.3 Å². The predicted molar refractivity (Wildman–Crippen MR) is 80.6 cm³/mol. The van der Waals surface area contributed by atoms with Crippen molar-refractivity contribution in [1.29, 1.82) is 0 Å². The molecule has 110 valence electrons. The Labute approximate surface area is 120 Å². The number of aryl methyl sites for hydroxylation is 1. The molecule has 0 radical (unpaired) electrons. The Kier molecular flexibility index (Phi) is 4.60. The zero-order valence-electron chi connectivity index (χ0n) is 12.5. The molecule has 1 fully saturated rings. The van der Waals surface area contributed by atoms with Gasteiger partial charge < -0.3 is 16.0 Å². The molecule has 20 heavy (non-hydrogen) atoms. The Balaban J connectivity index is 2.03. The van der Waals surface area contributed by atoms with E-state index in [1.165, 1.54) is 0 Å². The molecule has 1 aromatic rings. The van der Waals surface area contributed by atoms with Crippen LogP contribution in [0.1, 0.15) is 42.7 Å². The molecule has 0 saturated carbocycles. The van der Waals surface area contributed by atoms with Crippen molar-refractivity contribution >= 4 is 11.7 Å². The third-order valence-electron chi connectivity index (χ3n) is 4.07. The average molecular weight is 276 g/mol. The number of nitrogen functional groups attached to an aromatic ring is 1. The first kappa shape index (κ1) is 14.8. The van der Waals surface area contributed by atoms with Crippen LogP contribution in [0, 0.1) is 0 Å². The van der Waals surface area contributed by atoms with Crippen molar-refractivity contribution in [3.8, 4) is 0 Å². The van der Waals surface area contributed by atoms with Gasteiger partial charge in [-0.1, -0.05) is 6.92 Å².